The molecule has 2 rings (SSSR count). The van der Waals surface area contributed by atoms with Crippen molar-refractivity contribution in [2.45, 2.75) is 22.8 Å². The van der Waals surface area contributed by atoms with E-state index in [4.69, 9.17) is 0 Å². The molecule has 0 heterocycles. The minimum atomic E-state index is -0.491. The monoisotopic (exact) mass is 326 g/mol. The van der Waals surface area contributed by atoms with Gasteiger partial charge in [-0.2, -0.15) is 0 Å². The molecule has 18 heavy (non-hydrogen) atoms. The van der Waals surface area contributed by atoms with E-state index < -0.39 is 6.10 Å². The Balaban J connectivity index is 2.24. The highest BCUT2D eigenvalue weighted by Gasteiger charge is 2.07. The van der Waals surface area contributed by atoms with Gasteiger partial charge in [-0.15, -0.1) is 0 Å². The van der Waals surface area contributed by atoms with Gasteiger partial charge in [0, 0.05) is 14.3 Å². The van der Waals surface area contributed by atoms with Crippen molar-refractivity contribution in [2.24, 2.45) is 0 Å². The predicted octanol–water partition coefficient (Wildman–Crippen LogP) is 4.79. The number of hydrogen-bond donors (Lipinski definition) is 1. The molecule has 1 atom stereocenters. The van der Waals surface area contributed by atoms with Gasteiger partial charge in [-0.05, 0) is 58.7 Å². The van der Waals surface area contributed by atoms with Crippen molar-refractivity contribution in [3.05, 3.63) is 58.3 Å². The molecular weight excluding hydrogens is 315 g/mol. The molecule has 0 fully saturated rings. The Morgan fingerprint density at radius 1 is 1.22 bits per heavy atom. The number of halogens is 2. The van der Waals surface area contributed by atoms with Crippen LogP contribution in [-0.4, -0.2) is 5.11 Å². The quantitative estimate of drug-likeness (QED) is 0.874. The molecule has 0 bridgehead atoms. The van der Waals surface area contributed by atoms with E-state index in [2.05, 4.69) is 15.9 Å². The van der Waals surface area contributed by atoms with E-state index in [1.165, 1.54) is 23.9 Å². The second-order valence-corrected chi connectivity index (χ2v) is 5.89. The van der Waals surface area contributed by atoms with Crippen LogP contribution in [0.4, 0.5) is 4.39 Å². The molecule has 4 heteroatoms. The maximum atomic E-state index is 13.1. The molecule has 0 radical (unpaired) electrons. The van der Waals surface area contributed by atoms with Crippen LogP contribution >= 0.6 is 27.7 Å². The van der Waals surface area contributed by atoms with Crippen LogP contribution in [0.3, 0.4) is 0 Å². The lowest BCUT2D eigenvalue weighted by Gasteiger charge is -2.09. The van der Waals surface area contributed by atoms with Crippen molar-refractivity contribution in [3.63, 3.8) is 0 Å². The zero-order valence-electron chi connectivity index (χ0n) is 9.73. The molecule has 1 N–H and O–H groups in total. The highest BCUT2D eigenvalue weighted by molar-refractivity contribution is 9.10. The molecule has 0 saturated carbocycles. The van der Waals surface area contributed by atoms with Gasteiger partial charge in [0.25, 0.3) is 0 Å². The first-order chi connectivity index (χ1) is 8.56. The number of benzene rings is 2. The van der Waals surface area contributed by atoms with E-state index in [-0.39, 0.29) is 5.82 Å². The summed E-state index contributed by atoms with van der Waals surface area (Å²) in [6.45, 7) is 1.72. The summed E-state index contributed by atoms with van der Waals surface area (Å²) in [5.41, 5.74) is 0.852. The number of aliphatic hydroxyl groups is 1. The van der Waals surface area contributed by atoms with Crippen LogP contribution in [0.1, 0.15) is 18.6 Å². The first-order valence-corrected chi connectivity index (χ1v) is 7.08. The smallest absolute Gasteiger partial charge is 0.124 e. The highest BCUT2D eigenvalue weighted by Crippen LogP contribution is 2.35. The van der Waals surface area contributed by atoms with Gasteiger partial charge in [0.1, 0.15) is 5.82 Å². The second kappa shape index (κ2) is 5.87. The SMILES string of the molecule is C[C@@H](O)c1ccc(Sc2cccc(F)c2)c(Br)c1. The predicted molar refractivity (Wildman–Crippen MR) is 75.3 cm³/mol. The summed E-state index contributed by atoms with van der Waals surface area (Å²) in [6.07, 6.45) is -0.491. The van der Waals surface area contributed by atoms with E-state index in [1.807, 2.05) is 24.3 Å². The Hall–Kier alpha value is -0.840. The summed E-state index contributed by atoms with van der Waals surface area (Å²) in [7, 11) is 0. The first-order valence-electron chi connectivity index (χ1n) is 5.47. The summed E-state index contributed by atoms with van der Waals surface area (Å²) in [6, 6.07) is 12.2. The summed E-state index contributed by atoms with van der Waals surface area (Å²) in [5.74, 6) is -0.239. The van der Waals surface area contributed by atoms with Crippen LogP contribution in [-0.2, 0) is 0 Å². The van der Waals surface area contributed by atoms with Gasteiger partial charge in [0.2, 0.25) is 0 Å². The van der Waals surface area contributed by atoms with Crippen molar-refractivity contribution in [1.82, 2.24) is 0 Å². The van der Waals surface area contributed by atoms with Gasteiger partial charge in [-0.25, -0.2) is 4.39 Å². The van der Waals surface area contributed by atoms with Crippen molar-refractivity contribution >= 4 is 27.7 Å². The van der Waals surface area contributed by atoms with Crippen LogP contribution in [0.5, 0.6) is 0 Å². The first kappa shape index (κ1) is 13.6. The number of aliphatic hydroxyl groups excluding tert-OH is 1. The van der Waals surface area contributed by atoms with Gasteiger partial charge in [-0.3, -0.25) is 0 Å². The summed E-state index contributed by atoms with van der Waals surface area (Å²) < 4.78 is 14.0. The van der Waals surface area contributed by atoms with Gasteiger partial charge in [0.05, 0.1) is 6.10 Å². The standard InChI is InChI=1S/C14H12BrFOS/c1-9(17)10-5-6-14(13(15)7-10)18-12-4-2-3-11(16)8-12/h2-9,17H,1H3/t9-/m1/s1. The van der Waals surface area contributed by atoms with E-state index in [1.54, 1.807) is 13.0 Å². The van der Waals surface area contributed by atoms with Gasteiger partial charge < -0.3 is 5.11 Å². The molecule has 0 aliphatic rings. The lowest BCUT2D eigenvalue weighted by Crippen LogP contribution is -1.90. The fourth-order valence-electron chi connectivity index (χ4n) is 1.52. The third kappa shape index (κ3) is 3.34. The molecule has 0 aliphatic heterocycles. The van der Waals surface area contributed by atoms with Crippen molar-refractivity contribution in [3.8, 4) is 0 Å². The van der Waals surface area contributed by atoms with Crippen molar-refractivity contribution in [2.75, 3.05) is 0 Å². The van der Waals surface area contributed by atoms with Crippen LogP contribution in [0.15, 0.2) is 56.7 Å². The van der Waals surface area contributed by atoms with Crippen molar-refractivity contribution in [1.29, 1.82) is 0 Å². The fourth-order valence-corrected chi connectivity index (χ4v) is 3.02. The fraction of sp³-hybridized carbons (Fsp3) is 0.143. The minimum absolute atomic E-state index is 0.239. The second-order valence-electron chi connectivity index (χ2n) is 3.93. The van der Waals surface area contributed by atoms with E-state index >= 15 is 0 Å². The molecule has 0 aliphatic carbocycles. The molecule has 2 aromatic rings. The lowest BCUT2D eigenvalue weighted by atomic mass is 10.1. The van der Waals surface area contributed by atoms with Crippen LogP contribution in [0.25, 0.3) is 0 Å². The summed E-state index contributed by atoms with van der Waals surface area (Å²) in [4.78, 5) is 1.84. The van der Waals surface area contributed by atoms with E-state index in [9.17, 15) is 9.50 Å². The number of hydrogen-bond acceptors (Lipinski definition) is 2. The maximum absolute atomic E-state index is 13.1. The molecular formula is C14H12BrFOS. The molecule has 2 aromatic carbocycles. The third-order valence-electron chi connectivity index (χ3n) is 2.46. The topological polar surface area (TPSA) is 20.2 Å². The van der Waals surface area contributed by atoms with Gasteiger partial charge in [0.15, 0.2) is 0 Å². The van der Waals surface area contributed by atoms with Crippen molar-refractivity contribution < 1.29 is 9.50 Å². The average molecular weight is 327 g/mol. The molecule has 0 spiro atoms. The molecule has 1 nitrogen and oxygen atoms in total. The lowest BCUT2D eigenvalue weighted by molar-refractivity contribution is 0.199. The van der Waals surface area contributed by atoms with Crippen LogP contribution in [0, 0.1) is 5.82 Å². The largest absolute Gasteiger partial charge is 0.389 e. The normalized spacial score (nSPS) is 12.4. The Kier molecular flexibility index (Phi) is 4.43. The molecule has 94 valence electrons. The molecule has 0 saturated heterocycles. The van der Waals surface area contributed by atoms with Crippen LogP contribution in [0.2, 0.25) is 0 Å². The highest BCUT2D eigenvalue weighted by atomic mass is 79.9. The molecule has 0 aromatic heterocycles. The van der Waals surface area contributed by atoms with Crippen LogP contribution < -0.4 is 0 Å². The average Bonchev–Trinajstić information content (AvgIpc) is 2.31. The third-order valence-corrected chi connectivity index (χ3v) is 4.45. The Morgan fingerprint density at radius 2 is 2.00 bits per heavy atom. The van der Waals surface area contributed by atoms with E-state index in [0.29, 0.717) is 0 Å². The van der Waals surface area contributed by atoms with E-state index in [0.717, 1.165) is 19.8 Å². The Labute approximate surface area is 118 Å². The zero-order chi connectivity index (χ0) is 13.1. The van der Waals surface area contributed by atoms with Gasteiger partial charge >= 0.3 is 0 Å². The zero-order valence-corrected chi connectivity index (χ0v) is 12.1. The Bertz CT molecular complexity index is 557. The Morgan fingerprint density at radius 3 is 2.61 bits per heavy atom. The van der Waals surface area contributed by atoms with Gasteiger partial charge in [-0.1, -0.05) is 23.9 Å². The number of rotatable bonds is 3. The maximum Gasteiger partial charge on any atom is 0.124 e. The molecule has 0 amide bonds. The summed E-state index contributed by atoms with van der Waals surface area (Å²) in [5, 5.41) is 9.49. The summed E-state index contributed by atoms with van der Waals surface area (Å²) >= 11 is 4.95. The molecule has 0 unspecified atom stereocenters. The minimum Gasteiger partial charge on any atom is -0.389 e.